The average Bonchev–Trinajstić information content (AvgIpc) is 2.38. The lowest BCUT2D eigenvalue weighted by Crippen LogP contribution is -1.92. The summed E-state index contributed by atoms with van der Waals surface area (Å²) in [5.74, 6) is 5.98. The minimum absolute atomic E-state index is 0.0594. The molecular formula is C13H9BrN2O2. The summed E-state index contributed by atoms with van der Waals surface area (Å²) in [6, 6.07) is 6.50. The van der Waals surface area contributed by atoms with E-state index in [1.807, 2.05) is 0 Å². The Balaban J connectivity index is 2.62. The molecule has 0 spiro atoms. The fourth-order valence-corrected chi connectivity index (χ4v) is 1.82. The zero-order chi connectivity index (χ0) is 13.0. The number of hydrogen-bond acceptors (Lipinski definition) is 3. The van der Waals surface area contributed by atoms with Crippen LogP contribution in [0.4, 0.5) is 5.69 Å². The summed E-state index contributed by atoms with van der Waals surface area (Å²) in [4.78, 5) is 14.7. The number of alkyl halides is 1. The summed E-state index contributed by atoms with van der Waals surface area (Å²) >= 11 is 3.30. The summed E-state index contributed by atoms with van der Waals surface area (Å²) in [6.45, 7) is 0. The zero-order valence-corrected chi connectivity index (χ0v) is 11.0. The third-order valence-corrected chi connectivity index (χ3v) is 2.78. The Morgan fingerprint density at radius 1 is 1.39 bits per heavy atom. The van der Waals surface area contributed by atoms with E-state index < -0.39 is 4.92 Å². The molecule has 90 valence electrons. The van der Waals surface area contributed by atoms with Crippen molar-refractivity contribution in [3.63, 3.8) is 0 Å². The van der Waals surface area contributed by atoms with Crippen LogP contribution in [0.2, 0.25) is 0 Å². The maximum absolute atomic E-state index is 10.9. The normalized spacial score (nSPS) is 9.83. The molecule has 0 aliphatic carbocycles. The highest BCUT2D eigenvalue weighted by atomic mass is 79.9. The molecule has 0 unspecified atom stereocenters. The number of nitro benzene ring substituents is 1. The summed E-state index contributed by atoms with van der Waals surface area (Å²) in [5, 5.41) is 12.2. The topological polar surface area (TPSA) is 56.0 Å². The molecule has 0 aliphatic heterocycles. The Kier molecular flexibility index (Phi) is 3.90. The molecule has 0 saturated heterocycles. The van der Waals surface area contributed by atoms with E-state index in [4.69, 9.17) is 0 Å². The van der Waals surface area contributed by atoms with Gasteiger partial charge in [0.2, 0.25) is 0 Å². The maximum atomic E-state index is 10.9. The lowest BCUT2D eigenvalue weighted by atomic mass is 10.1. The molecule has 1 aromatic carbocycles. The molecule has 0 radical (unpaired) electrons. The third kappa shape index (κ3) is 2.49. The molecule has 0 fully saturated rings. The van der Waals surface area contributed by atoms with Gasteiger partial charge in [0.15, 0.2) is 0 Å². The van der Waals surface area contributed by atoms with Crippen molar-refractivity contribution in [3.8, 4) is 11.8 Å². The Hall–Kier alpha value is -1.93. The van der Waals surface area contributed by atoms with Crippen molar-refractivity contribution in [1.29, 1.82) is 0 Å². The van der Waals surface area contributed by atoms with Crippen LogP contribution in [-0.2, 0) is 0 Å². The van der Waals surface area contributed by atoms with Crippen molar-refractivity contribution in [2.75, 3.05) is 5.33 Å². The SMILES string of the molecule is O=[N+]([O-])c1ccc(C#CCCBr)c2ncccc12. The standard InChI is InChI=1S/C13H9BrN2O2/c14-8-2-1-4-10-6-7-12(16(17)18)11-5-3-9-15-13(10)11/h3,5-7,9H,2,8H2. The first-order valence-electron chi connectivity index (χ1n) is 5.31. The van der Waals surface area contributed by atoms with E-state index in [-0.39, 0.29) is 5.69 Å². The number of halogens is 1. The quantitative estimate of drug-likeness (QED) is 0.370. The molecule has 0 aliphatic rings. The highest BCUT2D eigenvalue weighted by Crippen LogP contribution is 2.26. The van der Waals surface area contributed by atoms with Crippen LogP contribution >= 0.6 is 15.9 Å². The molecule has 18 heavy (non-hydrogen) atoms. The van der Waals surface area contributed by atoms with E-state index in [2.05, 4.69) is 32.8 Å². The van der Waals surface area contributed by atoms with Crippen LogP contribution in [-0.4, -0.2) is 15.2 Å². The van der Waals surface area contributed by atoms with Crippen molar-refractivity contribution < 1.29 is 4.92 Å². The molecule has 0 bridgehead atoms. The monoisotopic (exact) mass is 304 g/mol. The van der Waals surface area contributed by atoms with Crippen LogP contribution in [0.25, 0.3) is 10.9 Å². The van der Waals surface area contributed by atoms with Gasteiger partial charge in [-0.15, -0.1) is 0 Å². The molecule has 0 atom stereocenters. The van der Waals surface area contributed by atoms with Crippen LogP contribution < -0.4 is 0 Å². The second kappa shape index (κ2) is 5.61. The van der Waals surface area contributed by atoms with Gasteiger partial charge in [0.1, 0.15) is 0 Å². The lowest BCUT2D eigenvalue weighted by Gasteiger charge is -2.00. The first kappa shape index (κ1) is 12.5. The van der Waals surface area contributed by atoms with Gasteiger partial charge in [-0.2, -0.15) is 0 Å². The molecule has 5 heteroatoms. The highest BCUT2D eigenvalue weighted by molar-refractivity contribution is 9.09. The molecule has 4 nitrogen and oxygen atoms in total. The van der Waals surface area contributed by atoms with Gasteiger partial charge >= 0.3 is 0 Å². The molecule has 0 N–H and O–H groups in total. The van der Waals surface area contributed by atoms with E-state index >= 15 is 0 Å². The van der Waals surface area contributed by atoms with E-state index in [1.165, 1.54) is 6.07 Å². The number of hydrogen-bond donors (Lipinski definition) is 0. The number of nitrogens with zero attached hydrogens (tertiary/aromatic N) is 2. The molecule has 2 rings (SSSR count). The zero-order valence-electron chi connectivity index (χ0n) is 9.39. The van der Waals surface area contributed by atoms with Crippen molar-refractivity contribution in [3.05, 3.63) is 46.1 Å². The number of non-ortho nitro benzene ring substituents is 1. The minimum Gasteiger partial charge on any atom is -0.258 e. The predicted octanol–water partition coefficient (Wildman–Crippen LogP) is 3.28. The summed E-state index contributed by atoms with van der Waals surface area (Å²) < 4.78 is 0. The van der Waals surface area contributed by atoms with E-state index in [9.17, 15) is 10.1 Å². The van der Waals surface area contributed by atoms with Gasteiger partial charge in [0.25, 0.3) is 5.69 Å². The summed E-state index contributed by atoms with van der Waals surface area (Å²) in [6.07, 6.45) is 2.34. The van der Waals surface area contributed by atoms with Crippen LogP contribution in [0.15, 0.2) is 30.5 Å². The predicted molar refractivity (Wildman–Crippen MR) is 73.7 cm³/mol. The van der Waals surface area contributed by atoms with Crippen LogP contribution in [0, 0.1) is 22.0 Å². The van der Waals surface area contributed by atoms with Crippen molar-refractivity contribution in [2.24, 2.45) is 0 Å². The van der Waals surface area contributed by atoms with Gasteiger partial charge < -0.3 is 0 Å². The molecule has 2 aromatic rings. The van der Waals surface area contributed by atoms with Gasteiger partial charge in [-0.05, 0) is 18.2 Å². The van der Waals surface area contributed by atoms with Crippen LogP contribution in [0.3, 0.4) is 0 Å². The van der Waals surface area contributed by atoms with Crippen molar-refractivity contribution in [2.45, 2.75) is 6.42 Å². The summed E-state index contributed by atoms with van der Waals surface area (Å²) in [7, 11) is 0. The van der Waals surface area contributed by atoms with Gasteiger partial charge in [-0.25, -0.2) is 0 Å². The molecule has 0 amide bonds. The highest BCUT2D eigenvalue weighted by Gasteiger charge is 2.13. The fourth-order valence-electron chi connectivity index (χ4n) is 1.62. The fraction of sp³-hybridized carbons (Fsp3) is 0.154. The lowest BCUT2D eigenvalue weighted by molar-refractivity contribution is -0.383. The van der Waals surface area contributed by atoms with E-state index in [0.29, 0.717) is 10.9 Å². The third-order valence-electron chi connectivity index (χ3n) is 2.39. The Morgan fingerprint density at radius 3 is 2.94 bits per heavy atom. The molecule has 1 aromatic heterocycles. The Bertz CT molecular complexity index is 659. The Labute approximate surface area is 112 Å². The van der Waals surface area contributed by atoms with Crippen molar-refractivity contribution in [1.82, 2.24) is 4.98 Å². The van der Waals surface area contributed by atoms with E-state index in [1.54, 1.807) is 24.4 Å². The maximum Gasteiger partial charge on any atom is 0.278 e. The van der Waals surface area contributed by atoms with Crippen LogP contribution in [0.5, 0.6) is 0 Å². The first-order valence-corrected chi connectivity index (χ1v) is 6.43. The minimum atomic E-state index is -0.403. The van der Waals surface area contributed by atoms with Crippen molar-refractivity contribution >= 4 is 32.5 Å². The number of pyridine rings is 1. The summed E-state index contributed by atoms with van der Waals surface area (Å²) in [5.41, 5.74) is 1.36. The first-order chi connectivity index (χ1) is 8.74. The van der Waals surface area contributed by atoms with E-state index in [0.717, 1.165) is 17.3 Å². The second-order valence-corrected chi connectivity index (χ2v) is 4.32. The smallest absolute Gasteiger partial charge is 0.258 e. The number of nitro groups is 1. The van der Waals surface area contributed by atoms with Gasteiger partial charge in [0.05, 0.1) is 21.4 Å². The molecular weight excluding hydrogens is 296 g/mol. The average molecular weight is 305 g/mol. The Morgan fingerprint density at radius 2 is 2.22 bits per heavy atom. The molecule has 0 saturated carbocycles. The largest absolute Gasteiger partial charge is 0.278 e. The number of benzene rings is 1. The number of aromatic nitrogens is 1. The molecule has 1 heterocycles. The van der Waals surface area contributed by atoms with Gasteiger partial charge in [0, 0.05) is 24.0 Å². The number of rotatable bonds is 2. The van der Waals surface area contributed by atoms with Crippen LogP contribution in [0.1, 0.15) is 12.0 Å². The van der Waals surface area contributed by atoms with Gasteiger partial charge in [-0.1, -0.05) is 27.8 Å². The number of fused-ring (bicyclic) bond motifs is 1. The van der Waals surface area contributed by atoms with Gasteiger partial charge in [-0.3, -0.25) is 15.1 Å². The second-order valence-electron chi connectivity index (χ2n) is 3.53.